The zero-order valence-electron chi connectivity index (χ0n) is 17.1. The zero-order chi connectivity index (χ0) is 22.1. The first-order valence-corrected chi connectivity index (χ1v) is 11.3. The molecule has 0 spiro atoms. The predicted molar refractivity (Wildman–Crippen MR) is 115 cm³/mol. The largest absolute Gasteiger partial charge is 0.508 e. The first-order valence-electron chi connectivity index (χ1n) is 10.6. The molecule has 0 unspecified atom stereocenters. The number of likely N-dealkylation sites (tertiary alicyclic amines) is 1. The summed E-state index contributed by atoms with van der Waals surface area (Å²) in [6.45, 7) is 1.34. The van der Waals surface area contributed by atoms with Gasteiger partial charge in [-0.3, -0.25) is 19.1 Å². The Labute approximate surface area is 189 Å². The maximum absolute atomic E-state index is 13.2. The van der Waals surface area contributed by atoms with Crippen LogP contribution in [0.15, 0.2) is 18.2 Å². The third-order valence-electron chi connectivity index (χ3n) is 6.81. The number of hydrogen-bond donors (Lipinski definition) is 1. The fourth-order valence-corrected chi connectivity index (χ4v) is 5.52. The second kappa shape index (κ2) is 7.20. The molecule has 1 aliphatic heterocycles. The van der Waals surface area contributed by atoms with Gasteiger partial charge < -0.3 is 10.0 Å². The topological polar surface area (TPSA) is 92.5 Å². The molecule has 9 heteroatoms. The third kappa shape index (κ3) is 3.72. The number of carbonyl (C=O) groups is 3. The van der Waals surface area contributed by atoms with Crippen LogP contribution < -0.4 is 0 Å². The number of ketones is 2. The van der Waals surface area contributed by atoms with Crippen LogP contribution in [0.2, 0.25) is 0 Å². The van der Waals surface area contributed by atoms with Crippen molar-refractivity contribution >= 4 is 51.6 Å². The lowest BCUT2D eigenvalue weighted by atomic mass is 10.0. The summed E-state index contributed by atoms with van der Waals surface area (Å²) in [6, 6.07) is 4.32. The normalized spacial score (nSPS) is 27.9. The van der Waals surface area contributed by atoms with Crippen molar-refractivity contribution in [2.45, 2.75) is 62.0 Å². The molecule has 3 aliphatic rings. The van der Waals surface area contributed by atoms with E-state index >= 15 is 0 Å². The fraction of sp³-hybridized carbons (Fsp3) is 0.545. The molecule has 3 fully saturated rings. The SMILES string of the molecule is CC(=O)c1nn(CC(=O)N2[C@@H]3C[C@@H]3C[C@H]2C(=O)CC[C@H]2CC2(Cl)Cl)c2ccc(O)cc12. The van der Waals surface area contributed by atoms with E-state index in [2.05, 4.69) is 5.10 Å². The molecule has 1 saturated heterocycles. The molecule has 5 rings (SSSR count). The second-order valence-corrected chi connectivity index (χ2v) is 10.6. The molecule has 4 atom stereocenters. The minimum Gasteiger partial charge on any atom is -0.508 e. The molecule has 1 amide bonds. The molecule has 1 aromatic heterocycles. The van der Waals surface area contributed by atoms with Crippen LogP contribution in [0.4, 0.5) is 0 Å². The van der Waals surface area contributed by atoms with Gasteiger partial charge in [-0.2, -0.15) is 5.10 Å². The number of halogens is 2. The van der Waals surface area contributed by atoms with Crippen molar-refractivity contribution in [2.24, 2.45) is 11.8 Å². The number of Topliss-reactive ketones (excluding diaryl/α,β-unsaturated/α-hetero) is 2. The van der Waals surface area contributed by atoms with E-state index in [0.29, 0.717) is 42.5 Å². The molecule has 31 heavy (non-hydrogen) atoms. The van der Waals surface area contributed by atoms with Crippen LogP contribution in [-0.4, -0.2) is 53.7 Å². The lowest BCUT2D eigenvalue weighted by Gasteiger charge is -2.27. The van der Waals surface area contributed by atoms with Crippen molar-refractivity contribution in [1.29, 1.82) is 0 Å². The Balaban J connectivity index is 1.33. The number of nitrogens with zero attached hydrogens (tertiary/aromatic N) is 3. The number of aromatic hydroxyl groups is 1. The minimum absolute atomic E-state index is 0.0282. The molecule has 1 aromatic carbocycles. The quantitative estimate of drug-likeness (QED) is 0.501. The number of alkyl halides is 2. The van der Waals surface area contributed by atoms with Gasteiger partial charge in [0.25, 0.3) is 0 Å². The van der Waals surface area contributed by atoms with Crippen molar-refractivity contribution in [1.82, 2.24) is 14.7 Å². The maximum Gasteiger partial charge on any atom is 0.245 e. The number of piperidine rings is 1. The van der Waals surface area contributed by atoms with E-state index in [9.17, 15) is 19.5 Å². The summed E-state index contributed by atoms with van der Waals surface area (Å²) in [5.41, 5.74) is 0.812. The van der Waals surface area contributed by atoms with E-state index in [1.807, 2.05) is 0 Å². The van der Waals surface area contributed by atoms with E-state index in [4.69, 9.17) is 23.2 Å². The Kier molecular flexibility index (Phi) is 4.83. The number of benzene rings is 1. The van der Waals surface area contributed by atoms with Crippen molar-refractivity contribution < 1.29 is 19.5 Å². The Hall–Kier alpha value is -2.12. The first-order chi connectivity index (χ1) is 14.7. The highest BCUT2D eigenvalue weighted by molar-refractivity contribution is 6.50. The van der Waals surface area contributed by atoms with Gasteiger partial charge in [0, 0.05) is 24.8 Å². The predicted octanol–water partition coefficient (Wildman–Crippen LogP) is 3.48. The monoisotopic (exact) mass is 463 g/mol. The number of phenolic OH excluding ortho intramolecular Hbond substituents is 1. The zero-order valence-corrected chi connectivity index (χ0v) is 18.6. The van der Waals surface area contributed by atoms with E-state index in [1.54, 1.807) is 11.0 Å². The Morgan fingerprint density at radius 3 is 2.68 bits per heavy atom. The molecule has 2 heterocycles. The number of amides is 1. The summed E-state index contributed by atoms with van der Waals surface area (Å²) in [5, 5.41) is 14.6. The average Bonchev–Trinajstić information content (AvgIpc) is 3.49. The summed E-state index contributed by atoms with van der Waals surface area (Å²) >= 11 is 12.1. The molecule has 2 aromatic rings. The van der Waals surface area contributed by atoms with Gasteiger partial charge in [-0.05, 0) is 55.7 Å². The molecule has 0 radical (unpaired) electrons. The number of hydrogen-bond acceptors (Lipinski definition) is 5. The molecule has 1 N–H and O–H groups in total. The highest BCUT2D eigenvalue weighted by Gasteiger charge is 2.56. The van der Waals surface area contributed by atoms with Crippen LogP contribution in [-0.2, 0) is 16.1 Å². The third-order valence-corrected chi connectivity index (χ3v) is 7.74. The van der Waals surface area contributed by atoms with Crippen molar-refractivity contribution in [3.8, 4) is 5.75 Å². The van der Waals surface area contributed by atoms with Crippen LogP contribution in [0.3, 0.4) is 0 Å². The lowest BCUT2D eigenvalue weighted by molar-refractivity contribution is -0.139. The van der Waals surface area contributed by atoms with Crippen LogP contribution in [0.1, 0.15) is 49.5 Å². The van der Waals surface area contributed by atoms with E-state index < -0.39 is 10.4 Å². The molecule has 7 nitrogen and oxygen atoms in total. The van der Waals surface area contributed by atoms with E-state index in [1.165, 1.54) is 23.7 Å². The minimum atomic E-state index is -0.697. The van der Waals surface area contributed by atoms with Gasteiger partial charge in [-0.1, -0.05) is 0 Å². The van der Waals surface area contributed by atoms with Crippen molar-refractivity contribution in [3.63, 3.8) is 0 Å². The molecule has 2 saturated carbocycles. The number of rotatable bonds is 7. The molecule has 2 aliphatic carbocycles. The summed E-state index contributed by atoms with van der Waals surface area (Å²) in [5.74, 6) is 0.214. The van der Waals surface area contributed by atoms with Crippen LogP contribution in [0.25, 0.3) is 10.9 Å². The van der Waals surface area contributed by atoms with Crippen molar-refractivity contribution in [2.75, 3.05) is 0 Å². The average molecular weight is 464 g/mol. The van der Waals surface area contributed by atoms with E-state index in [0.717, 1.165) is 6.42 Å². The summed E-state index contributed by atoms with van der Waals surface area (Å²) < 4.78 is 0.794. The van der Waals surface area contributed by atoms with Gasteiger partial charge in [-0.25, -0.2) is 0 Å². The van der Waals surface area contributed by atoms with Gasteiger partial charge >= 0.3 is 0 Å². The van der Waals surface area contributed by atoms with Gasteiger partial charge in [-0.15, -0.1) is 23.2 Å². The Morgan fingerprint density at radius 2 is 2.00 bits per heavy atom. The summed E-state index contributed by atoms with van der Waals surface area (Å²) in [4.78, 5) is 39.9. The molecular formula is C22H23Cl2N3O4. The number of carbonyl (C=O) groups excluding carboxylic acids is 3. The second-order valence-electron chi connectivity index (χ2n) is 9.05. The highest BCUT2D eigenvalue weighted by atomic mass is 35.5. The summed E-state index contributed by atoms with van der Waals surface area (Å²) in [7, 11) is 0. The Bertz CT molecular complexity index is 1110. The number of fused-ring (bicyclic) bond motifs is 2. The van der Waals surface area contributed by atoms with Gasteiger partial charge in [0.2, 0.25) is 5.91 Å². The molecule has 164 valence electrons. The highest BCUT2D eigenvalue weighted by Crippen LogP contribution is 2.55. The van der Waals surface area contributed by atoms with Crippen LogP contribution >= 0.6 is 23.2 Å². The van der Waals surface area contributed by atoms with Crippen molar-refractivity contribution in [3.05, 3.63) is 23.9 Å². The number of phenols is 1. The molecular weight excluding hydrogens is 441 g/mol. The van der Waals surface area contributed by atoms with Crippen LogP contribution in [0.5, 0.6) is 5.75 Å². The van der Waals surface area contributed by atoms with E-state index in [-0.39, 0.29) is 47.4 Å². The molecule has 0 bridgehead atoms. The smallest absolute Gasteiger partial charge is 0.245 e. The lowest BCUT2D eigenvalue weighted by Crippen LogP contribution is -2.44. The van der Waals surface area contributed by atoms with Crippen LogP contribution in [0, 0.1) is 11.8 Å². The summed E-state index contributed by atoms with van der Waals surface area (Å²) in [6.07, 6.45) is 3.37. The maximum atomic E-state index is 13.2. The first kappa shape index (κ1) is 20.8. The Morgan fingerprint density at radius 1 is 1.26 bits per heavy atom. The van der Waals surface area contributed by atoms with Gasteiger partial charge in [0.15, 0.2) is 11.6 Å². The standard InChI is InChI=1S/C22H23Cl2N3O4/c1-11(28)21-15-8-14(29)3-4-16(15)26(25-21)10-20(31)27-17-6-12(17)7-18(27)19(30)5-2-13-9-22(13,23)24/h3-4,8,12-13,17-18,29H,2,5-7,9-10H2,1H3/t12-,13+,17-,18+/m1/s1. The van der Waals surface area contributed by atoms with Gasteiger partial charge in [0.1, 0.15) is 22.3 Å². The fourth-order valence-electron chi connectivity index (χ4n) is 4.93. The van der Waals surface area contributed by atoms with Gasteiger partial charge in [0.05, 0.1) is 11.6 Å². The number of aromatic nitrogens is 2.